The maximum Gasteiger partial charge on any atom is 0.136 e. The largest absolute Gasteiger partial charge is 0.353 e. The van der Waals surface area contributed by atoms with E-state index in [2.05, 4.69) is 113 Å². The van der Waals surface area contributed by atoms with Crippen molar-refractivity contribution in [3.05, 3.63) is 127 Å². The molecule has 1 aliphatic heterocycles. The summed E-state index contributed by atoms with van der Waals surface area (Å²) in [5, 5.41) is 24.6. The predicted molar refractivity (Wildman–Crippen MR) is 199 cm³/mol. The molecule has 1 heterocycles. The van der Waals surface area contributed by atoms with Crippen LogP contribution in [0.3, 0.4) is 0 Å². The molecule has 3 nitrogen and oxygen atoms in total. The molecule has 3 aromatic carbocycles. The zero-order chi connectivity index (χ0) is 33.8. The van der Waals surface area contributed by atoms with E-state index >= 15 is 0 Å². The van der Waals surface area contributed by atoms with E-state index in [4.69, 9.17) is 10.5 Å². The number of rotatable bonds is 10. The van der Waals surface area contributed by atoms with Gasteiger partial charge >= 0.3 is 0 Å². The number of aryl methyl sites for hydroxylation is 2. The summed E-state index contributed by atoms with van der Waals surface area (Å²) >= 11 is 0. The highest BCUT2D eigenvalue weighted by atomic mass is 15.1. The average Bonchev–Trinajstić information content (AvgIpc) is 3.05. The molecule has 3 aromatic rings. The smallest absolute Gasteiger partial charge is 0.136 e. The second-order valence-electron chi connectivity index (χ2n) is 12.9. The van der Waals surface area contributed by atoms with Crippen LogP contribution in [0.15, 0.2) is 84.2 Å². The van der Waals surface area contributed by atoms with Crippen LogP contribution in [0.5, 0.6) is 0 Å². The number of nitriles is 2. The molecule has 1 atom stereocenters. The lowest BCUT2D eigenvalue weighted by molar-refractivity contribution is 0.331. The van der Waals surface area contributed by atoms with Crippen LogP contribution in [0.25, 0.3) is 35.5 Å². The Kier molecular flexibility index (Phi) is 12.8. The van der Waals surface area contributed by atoms with Crippen LogP contribution >= 0.6 is 0 Å². The fourth-order valence-electron chi connectivity index (χ4n) is 6.70. The Balaban J connectivity index is 1.56. The summed E-state index contributed by atoms with van der Waals surface area (Å²) in [6.07, 6.45) is 21.1. The summed E-state index contributed by atoms with van der Waals surface area (Å²) < 4.78 is 0. The molecule has 240 valence electrons. The lowest BCUT2D eigenvalue weighted by Gasteiger charge is -2.29. The monoisotopic (exact) mass is 619 g/mol. The molecule has 0 aliphatic carbocycles. The van der Waals surface area contributed by atoms with Crippen LogP contribution in [-0.2, 0) is 0 Å². The van der Waals surface area contributed by atoms with Crippen molar-refractivity contribution in [2.45, 2.75) is 80.1 Å². The van der Waals surface area contributed by atoms with Gasteiger partial charge in [0, 0.05) is 24.2 Å². The third-order valence-corrected chi connectivity index (χ3v) is 8.99. The molecular weight excluding hydrogens is 571 g/mol. The van der Waals surface area contributed by atoms with Crippen molar-refractivity contribution in [3.63, 3.8) is 0 Å². The third-order valence-electron chi connectivity index (χ3n) is 8.99. The first-order valence-electron chi connectivity index (χ1n) is 17.1. The van der Waals surface area contributed by atoms with Gasteiger partial charge in [-0.05, 0) is 100 Å². The van der Waals surface area contributed by atoms with E-state index in [0.29, 0.717) is 5.22 Å². The van der Waals surface area contributed by atoms with Gasteiger partial charge in [-0.1, -0.05) is 124 Å². The zero-order valence-electron chi connectivity index (χ0n) is 29.1. The summed E-state index contributed by atoms with van der Waals surface area (Å²) in [5.74, 6) is 0.752. The number of hydrogen-bond acceptors (Lipinski definition) is 3. The summed E-state index contributed by atoms with van der Waals surface area (Å²) in [5.41, 5.74) is 6.81. The van der Waals surface area contributed by atoms with E-state index < -0.39 is 0 Å². The van der Waals surface area contributed by atoms with E-state index in [1.165, 1.54) is 76.8 Å². The maximum absolute atomic E-state index is 9.06. The number of allylic oxidation sites excluding steroid dienone is 2. The normalized spacial score (nSPS) is 13.1. The van der Waals surface area contributed by atoms with Crippen molar-refractivity contribution >= 4 is 35.5 Å². The first-order chi connectivity index (χ1) is 22.8. The first kappa shape index (κ1) is 35.0. The Bertz CT molecular complexity index is 2000. The highest BCUT2D eigenvalue weighted by Crippen LogP contribution is 2.28. The van der Waals surface area contributed by atoms with Gasteiger partial charge in [0.05, 0.1) is 0 Å². The van der Waals surface area contributed by atoms with Gasteiger partial charge < -0.3 is 4.90 Å². The Morgan fingerprint density at radius 3 is 1.62 bits per heavy atom. The van der Waals surface area contributed by atoms with E-state index in [1.807, 2.05) is 42.5 Å². The Morgan fingerprint density at radius 1 is 0.660 bits per heavy atom. The Labute approximate surface area is 281 Å². The van der Waals surface area contributed by atoms with Crippen LogP contribution in [0.4, 0.5) is 0 Å². The molecule has 0 radical (unpaired) electrons. The van der Waals surface area contributed by atoms with Crippen LogP contribution in [0, 0.1) is 42.4 Å². The van der Waals surface area contributed by atoms with Gasteiger partial charge in [-0.3, -0.25) is 0 Å². The highest BCUT2D eigenvalue weighted by Gasteiger charge is 2.17. The van der Waals surface area contributed by atoms with Crippen LogP contribution in [0.2, 0.25) is 0 Å². The molecule has 0 fully saturated rings. The van der Waals surface area contributed by atoms with Crippen LogP contribution in [0.1, 0.15) is 77.3 Å². The van der Waals surface area contributed by atoms with Crippen LogP contribution < -0.4 is 31.3 Å². The minimum atomic E-state index is 0.128. The quantitative estimate of drug-likeness (QED) is 0.251. The molecule has 0 saturated heterocycles. The molecule has 4 rings (SSSR count). The molecule has 0 amide bonds. The van der Waals surface area contributed by atoms with Gasteiger partial charge in [0.25, 0.3) is 0 Å². The molecule has 0 bridgehead atoms. The van der Waals surface area contributed by atoms with Crippen molar-refractivity contribution in [2.24, 2.45) is 5.92 Å². The standard InChI is InChI=1S/C44H49N3/c1-7-9-10-12-39(11-8-2)31-47-29-34(5)44(35(6)30-47)43-32(3)25-40(26-33(43)4)20-19-37-15-13-36(14-16-37)17-18-38-21-23-41(24-22-38)42(27-45)28-46/h13-26,29-30,39H,7-12,31H2,1-6H3. The van der Waals surface area contributed by atoms with Crippen molar-refractivity contribution in [2.75, 3.05) is 6.54 Å². The second kappa shape index (κ2) is 17.2. The molecule has 0 saturated carbocycles. The van der Waals surface area contributed by atoms with Gasteiger partial charge in [-0.25, -0.2) is 0 Å². The fourth-order valence-corrected chi connectivity index (χ4v) is 6.70. The molecule has 47 heavy (non-hydrogen) atoms. The van der Waals surface area contributed by atoms with Gasteiger partial charge in [0.1, 0.15) is 17.7 Å². The van der Waals surface area contributed by atoms with Gasteiger partial charge in [0.2, 0.25) is 0 Å². The topological polar surface area (TPSA) is 50.8 Å². The third kappa shape index (κ3) is 9.57. The molecule has 1 aliphatic rings. The number of unbranched alkanes of at least 4 members (excludes halogenated alkanes) is 2. The molecular formula is C44H49N3. The Hall–Kier alpha value is -4.86. The zero-order valence-corrected chi connectivity index (χ0v) is 29.1. The van der Waals surface area contributed by atoms with Crippen molar-refractivity contribution in [3.8, 4) is 12.1 Å². The van der Waals surface area contributed by atoms with E-state index in [1.54, 1.807) is 0 Å². The summed E-state index contributed by atoms with van der Waals surface area (Å²) in [6.45, 7) is 14.7. The van der Waals surface area contributed by atoms with Gasteiger partial charge in [-0.2, -0.15) is 10.5 Å². The van der Waals surface area contributed by atoms with Crippen LogP contribution in [-0.4, -0.2) is 11.4 Å². The van der Waals surface area contributed by atoms with E-state index in [0.717, 1.165) is 28.1 Å². The van der Waals surface area contributed by atoms with Crippen molar-refractivity contribution < 1.29 is 0 Å². The molecule has 3 heteroatoms. The Morgan fingerprint density at radius 2 is 1.15 bits per heavy atom. The highest BCUT2D eigenvalue weighted by molar-refractivity contribution is 5.79. The second-order valence-corrected chi connectivity index (χ2v) is 12.9. The molecule has 0 aromatic heterocycles. The van der Waals surface area contributed by atoms with Crippen molar-refractivity contribution in [1.29, 1.82) is 10.5 Å². The maximum atomic E-state index is 9.06. The lowest BCUT2D eigenvalue weighted by Crippen LogP contribution is -2.26. The summed E-state index contributed by atoms with van der Waals surface area (Å²) in [4.78, 5) is 2.45. The average molecular weight is 620 g/mol. The first-order valence-corrected chi connectivity index (χ1v) is 17.1. The number of nitrogens with zero attached hydrogens (tertiary/aromatic N) is 3. The SMILES string of the molecule is CCCCCC(CCC)CN1C=C(C)C(=c2c(C)cc(=CC=c3ccc(=CC=c4ccc(=C(C#N)C#N)cc4)cc3)cc2C)C(C)=C1. The van der Waals surface area contributed by atoms with Crippen molar-refractivity contribution in [1.82, 2.24) is 4.90 Å². The van der Waals surface area contributed by atoms with Gasteiger partial charge in [0.15, 0.2) is 0 Å². The van der Waals surface area contributed by atoms with Gasteiger partial charge in [-0.15, -0.1) is 0 Å². The summed E-state index contributed by atoms with van der Waals surface area (Å²) in [6, 6.07) is 24.4. The molecule has 0 N–H and O–H groups in total. The number of benzene rings is 3. The fraction of sp³-hybridized carbons (Fsp3) is 0.318. The minimum absolute atomic E-state index is 0.128. The molecule has 1 unspecified atom stereocenters. The van der Waals surface area contributed by atoms with E-state index in [9.17, 15) is 0 Å². The summed E-state index contributed by atoms with van der Waals surface area (Å²) in [7, 11) is 0. The number of hydrogen-bond donors (Lipinski definition) is 0. The predicted octanol–water partition coefficient (Wildman–Crippen LogP) is 6.29. The lowest BCUT2D eigenvalue weighted by atomic mass is 9.91. The minimum Gasteiger partial charge on any atom is -0.353 e. The molecule has 0 spiro atoms. The van der Waals surface area contributed by atoms with E-state index in [-0.39, 0.29) is 5.57 Å².